The van der Waals surface area contributed by atoms with Crippen molar-refractivity contribution >= 4 is 19.4 Å². The molecule has 0 aliphatic heterocycles. The minimum atomic E-state index is -0.105. The van der Waals surface area contributed by atoms with Crippen LogP contribution in [-0.4, -0.2) is 25.3 Å². The van der Waals surface area contributed by atoms with Crippen molar-refractivity contribution in [3.05, 3.63) is 46.0 Å². The zero-order valence-corrected chi connectivity index (χ0v) is 23.7. The molecule has 1 unspecified atom stereocenters. The van der Waals surface area contributed by atoms with Crippen molar-refractivity contribution in [2.75, 3.05) is 19.8 Å². The lowest BCUT2D eigenvalue weighted by Gasteiger charge is -2.21. The Morgan fingerprint density at radius 2 is 1.18 bits per heavy atom. The summed E-state index contributed by atoms with van der Waals surface area (Å²) in [6.45, 7) is 22.7. The highest BCUT2D eigenvalue weighted by atomic mass is 31.1. The van der Waals surface area contributed by atoms with Crippen molar-refractivity contribution in [3.63, 3.8) is 0 Å². The van der Waals surface area contributed by atoms with Crippen molar-refractivity contribution in [1.82, 2.24) is 0 Å². The first-order chi connectivity index (χ1) is 15.9. The van der Waals surface area contributed by atoms with Crippen molar-refractivity contribution in [1.29, 1.82) is 0 Å². The fourth-order valence-corrected chi connectivity index (χ4v) is 4.86. The van der Waals surface area contributed by atoms with Crippen molar-refractivity contribution in [2.45, 2.75) is 69.2 Å². The van der Waals surface area contributed by atoms with Crippen LogP contribution < -0.4 is 19.5 Å². The first-order valence-corrected chi connectivity index (χ1v) is 13.4. The molecule has 5 heteroatoms. The summed E-state index contributed by atoms with van der Waals surface area (Å²) in [6.07, 6.45) is 0. The van der Waals surface area contributed by atoms with E-state index >= 15 is 0 Å². The first kappa shape index (κ1) is 28.2. The maximum atomic E-state index is 13.7. The predicted octanol–water partition coefficient (Wildman–Crippen LogP) is 7.17. The third kappa shape index (κ3) is 7.73. The highest BCUT2D eigenvalue weighted by Gasteiger charge is 2.22. The zero-order chi connectivity index (χ0) is 25.6. The summed E-state index contributed by atoms with van der Waals surface area (Å²) < 4.78 is 18.5. The van der Waals surface area contributed by atoms with Gasteiger partial charge in [-0.3, -0.25) is 4.79 Å². The molecule has 0 heterocycles. The number of carbonyl (C=O) groups is 1. The Labute approximate surface area is 208 Å². The molecule has 0 aromatic heterocycles. The molecule has 0 aliphatic rings. The number of hydrogen-bond acceptors (Lipinski definition) is 4. The molecular formula is C29H43O4P. The van der Waals surface area contributed by atoms with E-state index in [9.17, 15) is 4.79 Å². The molecule has 0 saturated heterocycles. The molecule has 188 valence electrons. The van der Waals surface area contributed by atoms with Gasteiger partial charge in [-0.15, -0.1) is 0 Å². The zero-order valence-electron chi connectivity index (χ0n) is 22.7. The van der Waals surface area contributed by atoms with E-state index in [2.05, 4.69) is 61.5 Å². The first-order valence-electron chi connectivity index (χ1n) is 12.4. The van der Waals surface area contributed by atoms with Crippen molar-refractivity contribution in [3.8, 4) is 17.2 Å². The van der Waals surface area contributed by atoms with Crippen LogP contribution in [0, 0.1) is 45.4 Å². The fourth-order valence-electron chi connectivity index (χ4n) is 3.59. The van der Waals surface area contributed by atoms with E-state index in [0.717, 1.165) is 22.0 Å². The van der Waals surface area contributed by atoms with Crippen LogP contribution in [0.2, 0.25) is 0 Å². The van der Waals surface area contributed by atoms with Gasteiger partial charge in [-0.1, -0.05) is 47.6 Å². The molecule has 0 bridgehead atoms. The molecule has 0 N–H and O–H groups in total. The van der Waals surface area contributed by atoms with E-state index < -0.39 is 0 Å². The molecule has 0 saturated carbocycles. The molecule has 2 rings (SSSR count). The predicted molar refractivity (Wildman–Crippen MR) is 145 cm³/mol. The molecule has 0 amide bonds. The van der Waals surface area contributed by atoms with Gasteiger partial charge < -0.3 is 14.2 Å². The Balaban J connectivity index is 2.55. The third-order valence-electron chi connectivity index (χ3n) is 5.59. The topological polar surface area (TPSA) is 44.8 Å². The second-order valence-electron chi connectivity index (χ2n) is 10.5. The normalized spacial score (nSPS) is 11.8. The van der Waals surface area contributed by atoms with Gasteiger partial charge in [0.15, 0.2) is 5.52 Å². The van der Waals surface area contributed by atoms with Gasteiger partial charge in [-0.2, -0.15) is 0 Å². The molecule has 0 spiro atoms. The highest BCUT2D eigenvalue weighted by Crippen LogP contribution is 2.36. The molecule has 4 nitrogen and oxygen atoms in total. The summed E-state index contributed by atoms with van der Waals surface area (Å²) in [5.74, 6) is 3.19. The number of hydrogen-bond donors (Lipinski definition) is 0. The average molecular weight is 487 g/mol. The minimum absolute atomic E-state index is 0.105. The van der Waals surface area contributed by atoms with Gasteiger partial charge in [-0.05, 0) is 76.3 Å². The Morgan fingerprint density at radius 1 is 0.706 bits per heavy atom. The standard InChI is InChI=1S/C29H43O4P/c1-17(2)14-31-24-12-25(32-15-18(3)4)28(26(13-24)33-16-19(5)6)34-29(30)27-21(8)11-20(7)22(9)23(27)10/h11-13,17-19,34H,14-16H2,1-10H3. The maximum Gasteiger partial charge on any atom is 0.186 e. The van der Waals surface area contributed by atoms with Crippen LogP contribution in [0.15, 0.2) is 18.2 Å². The number of benzene rings is 2. The average Bonchev–Trinajstić information content (AvgIpc) is 2.74. The Morgan fingerprint density at radius 3 is 1.65 bits per heavy atom. The van der Waals surface area contributed by atoms with Gasteiger partial charge in [0.25, 0.3) is 0 Å². The summed E-state index contributed by atoms with van der Waals surface area (Å²) in [5, 5.41) is 0.820. The summed E-state index contributed by atoms with van der Waals surface area (Å²) >= 11 is 0. The molecule has 2 aromatic rings. The van der Waals surface area contributed by atoms with E-state index in [1.165, 1.54) is 11.1 Å². The molecule has 1 atom stereocenters. The Kier molecular flexibility index (Phi) is 10.4. The van der Waals surface area contributed by atoms with Crippen molar-refractivity contribution in [2.24, 2.45) is 17.8 Å². The second kappa shape index (κ2) is 12.6. The summed E-state index contributed by atoms with van der Waals surface area (Å²) in [5.41, 5.74) is 5.38. The van der Waals surface area contributed by atoms with Crippen molar-refractivity contribution < 1.29 is 19.0 Å². The largest absolute Gasteiger partial charge is 0.493 e. The Hall–Kier alpha value is -2.06. The van der Waals surface area contributed by atoms with Crippen LogP contribution in [0.25, 0.3) is 0 Å². The lowest BCUT2D eigenvalue weighted by molar-refractivity contribution is 0.108. The van der Waals surface area contributed by atoms with Crippen LogP contribution in [0.5, 0.6) is 17.2 Å². The number of ether oxygens (including phenoxy) is 3. The smallest absolute Gasteiger partial charge is 0.186 e. The van der Waals surface area contributed by atoms with Gasteiger partial charge in [-0.25, -0.2) is 0 Å². The summed E-state index contributed by atoms with van der Waals surface area (Å²) in [4.78, 5) is 13.7. The van der Waals surface area contributed by atoms with Crippen LogP contribution in [0.4, 0.5) is 0 Å². The third-order valence-corrected chi connectivity index (χ3v) is 6.81. The summed E-state index contributed by atoms with van der Waals surface area (Å²) in [7, 11) is -0.105. The fraction of sp³-hybridized carbons (Fsp3) is 0.552. The molecular weight excluding hydrogens is 443 g/mol. The summed E-state index contributed by atoms with van der Waals surface area (Å²) in [6, 6.07) is 5.95. The van der Waals surface area contributed by atoms with Gasteiger partial charge in [0.1, 0.15) is 17.2 Å². The van der Waals surface area contributed by atoms with E-state index in [0.29, 0.717) is 54.8 Å². The van der Waals surface area contributed by atoms with Gasteiger partial charge in [0.05, 0.1) is 25.1 Å². The van der Waals surface area contributed by atoms with E-state index in [1.54, 1.807) is 0 Å². The van der Waals surface area contributed by atoms with Gasteiger partial charge >= 0.3 is 0 Å². The second-order valence-corrected chi connectivity index (χ2v) is 11.7. The van der Waals surface area contributed by atoms with E-state index in [1.807, 2.05) is 26.0 Å². The van der Waals surface area contributed by atoms with Crippen LogP contribution >= 0.6 is 8.58 Å². The number of aryl methyl sites for hydroxylation is 2. The molecule has 0 fully saturated rings. The molecule has 0 radical (unpaired) electrons. The maximum absolute atomic E-state index is 13.7. The molecule has 2 aromatic carbocycles. The lowest BCUT2D eigenvalue weighted by Crippen LogP contribution is -2.17. The van der Waals surface area contributed by atoms with Crippen LogP contribution in [0.1, 0.15) is 74.2 Å². The highest BCUT2D eigenvalue weighted by molar-refractivity contribution is 7.66. The number of carbonyl (C=O) groups excluding carboxylic acids is 1. The SMILES string of the molecule is Cc1cc(C)c(C(=O)Pc2c(OCC(C)C)cc(OCC(C)C)cc2OCC(C)C)c(C)c1C. The monoisotopic (exact) mass is 486 g/mol. The molecule has 34 heavy (non-hydrogen) atoms. The van der Waals surface area contributed by atoms with Crippen LogP contribution in [0.3, 0.4) is 0 Å². The van der Waals surface area contributed by atoms with E-state index in [4.69, 9.17) is 14.2 Å². The molecule has 0 aliphatic carbocycles. The Bertz CT molecular complexity index is 959. The number of rotatable bonds is 12. The quantitative estimate of drug-likeness (QED) is 0.298. The van der Waals surface area contributed by atoms with Gasteiger partial charge in [0, 0.05) is 17.7 Å². The van der Waals surface area contributed by atoms with Gasteiger partial charge in [0.2, 0.25) is 0 Å². The van der Waals surface area contributed by atoms with Crippen LogP contribution in [-0.2, 0) is 0 Å². The van der Waals surface area contributed by atoms with E-state index in [-0.39, 0.29) is 14.1 Å². The lowest BCUT2D eigenvalue weighted by atomic mass is 9.95. The minimum Gasteiger partial charge on any atom is -0.493 e.